The van der Waals surface area contributed by atoms with Crippen LogP contribution in [0, 0.1) is 0 Å². The minimum atomic E-state index is 0.660. The number of nitrogens with zero attached hydrogens (tertiary/aromatic N) is 1. The third kappa shape index (κ3) is 3.75. The Kier molecular flexibility index (Phi) is 5.00. The highest BCUT2D eigenvalue weighted by molar-refractivity contribution is 5.34. The van der Waals surface area contributed by atoms with E-state index in [1.54, 1.807) is 0 Å². The normalized spacial score (nSPS) is 10.1. The van der Waals surface area contributed by atoms with Gasteiger partial charge in [-0.1, -0.05) is 13.0 Å². The SMILES string of the molecule is CCCOCc1ccc(NCC)nc1. The van der Waals surface area contributed by atoms with Crippen LogP contribution in [0.2, 0.25) is 0 Å². The van der Waals surface area contributed by atoms with Crippen LogP contribution < -0.4 is 5.32 Å². The molecule has 0 atom stereocenters. The lowest BCUT2D eigenvalue weighted by molar-refractivity contribution is 0.121. The van der Waals surface area contributed by atoms with Gasteiger partial charge in [0.2, 0.25) is 0 Å². The van der Waals surface area contributed by atoms with Crippen molar-refractivity contribution in [2.24, 2.45) is 0 Å². The fraction of sp³-hybridized carbons (Fsp3) is 0.545. The molecule has 1 aromatic heterocycles. The zero-order chi connectivity index (χ0) is 10.2. The van der Waals surface area contributed by atoms with Crippen molar-refractivity contribution in [3.05, 3.63) is 23.9 Å². The topological polar surface area (TPSA) is 34.1 Å². The van der Waals surface area contributed by atoms with Crippen molar-refractivity contribution in [2.75, 3.05) is 18.5 Å². The quantitative estimate of drug-likeness (QED) is 0.706. The van der Waals surface area contributed by atoms with Gasteiger partial charge in [0.1, 0.15) is 5.82 Å². The summed E-state index contributed by atoms with van der Waals surface area (Å²) in [6.45, 7) is 6.54. The Balaban J connectivity index is 2.38. The summed E-state index contributed by atoms with van der Waals surface area (Å²) in [5, 5.41) is 3.15. The molecule has 78 valence electrons. The zero-order valence-corrected chi connectivity index (χ0v) is 8.92. The molecule has 1 N–H and O–H groups in total. The second kappa shape index (κ2) is 6.38. The Morgan fingerprint density at radius 1 is 1.36 bits per heavy atom. The molecule has 1 heterocycles. The second-order valence-electron chi connectivity index (χ2n) is 3.13. The maximum Gasteiger partial charge on any atom is 0.125 e. The molecule has 0 amide bonds. The van der Waals surface area contributed by atoms with Gasteiger partial charge in [0.25, 0.3) is 0 Å². The number of aromatic nitrogens is 1. The molecule has 1 aromatic rings. The lowest BCUT2D eigenvalue weighted by atomic mass is 10.3. The van der Waals surface area contributed by atoms with Crippen molar-refractivity contribution in [1.82, 2.24) is 4.98 Å². The lowest BCUT2D eigenvalue weighted by Crippen LogP contribution is -2.00. The number of hydrogen-bond donors (Lipinski definition) is 1. The van der Waals surface area contributed by atoms with Gasteiger partial charge >= 0.3 is 0 Å². The van der Waals surface area contributed by atoms with E-state index in [1.165, 1.54) is 0 Å². The number of hydrogen-bond acceptors (Lipinski definition) is 3. The van der Waals surface area contributed by atoms with Crippen molar-refractivity contribution < 1.29 is 4.74 Å². The fourth-order valence-corrected chi connectivity index (χ4v) is 1.13. The monoisotopic (exact) mass is 194 g/mol. The van der Waals surface area contributed by atoms with E-state index in [-0.39, 0.29) is 0 Å². The van der Waals surface area contributed by atoms with Crippen molar-refractivity contribution in [1.29, 1.82) is 0 Å². The van der Waals surface area contributed by atoms with Crippen molar-refractivity contribution in [2.45, 2.75) is 26.9 Å². The van der Waals surface area contributed by atoms with Gasteiger partial charge in [0.05, 0.1) is 6.61 Å². The summed E-state index contributed by atoms with van der Waals surface area (Å²) in [5.41, 5.74) is 1.13. The summed E-state index contributed by atoms with van der Waals surface area (Å²) in [4.78, 5) is 4.26. The smallest absolute Gasteiger partial charge is 0.125 e. The summed E-state index contributed by atoms with van der Waals surface area (Å²) in [5.74, 6) is 0.923. The van der Waals surface area contributed by atoms with Gasteiger partial charge in [-0.05, 0) is 25.0 Å². The van der Waals surface area contributed by atoms with Crippen LogP contribution >= 0.6 is 0 Å². The molecule has 1 rings (SSSR count). The van der Waals surface area contributed by atoms with E-state index in [9.17, 15) is 0 Å². The molecule has 0 aliphatic carbocycles. The maximum absolute atomic E-state index is 5.41. The molecule has 14 heavy (non-hydrogen) atoms. The van der Waals surface area contributed by atoms with Crippen LogP contribution in [0.4, 0.5) is 5.82 Å². The number of pyridine rings is 1. The standard InChI is InChI=1S/C11H18N2O/c1-3-7-14-9-10-5-6-11(12-4-2)13-8-10/h5-6,8H,3-4,7,9H2,1-2H3,(H,12,13). The van der Waals surface area contributed by atoms with Gasteiger partial charge in [-0.15, -0.1) is 0 Å². The number of rotatable bonds is 6. The van der Waals surface area contributed by atoms with Crippen LogP contribution in [0.25, 0.3) is 0 Å². The number of ether oxygens (including phenoxy) is 1. The Morgan fingerprint density at radius 3 is 2.79 bits per heavy atom. The Morgan fingerprint density at radius 2 is 2.21 bits per heavy atom. The van der Waals surface area contributed by atoms with Crippen molar-refractivity contribution in [3.8, 4) is 0 Å². The largest absolute Gasteiger partial charge is 0.377 e. The molecule has 0 saturated carbocycles. The molecular formula is C11H18N2O. The first-order valence-electron chi connectivity index (χ1n) is 5.13. The predicted molar refractivity (Wildman–Crippen MR) is 58.3 cm³/mol. The average molecular weight is 194 g/mol. The summed E-state index contributed by atoms with van der Waals surface area (Å²) in [6, 6.07) is 4.02. The molecule has 0 radical (unpaired) electrons. The van der Waals surface area contributed by atoms with Gasteiger partial charge in [-0.3, -0.25) is 0 Å². The number of anilines is 1. The first-order chi connectivity index (χ1) is 6.86. The molecule has 0 spiro atoms. The van der Waals surface area contributed by atoms with Crippen LogP contribution in [0.5, 0.6) is 0 Å². The maximum atomic E-state index is 5.41. The minimum Gasteiger partial charge on any atom is -0.377 e. The Hall–Kier alpha value is -1.09. The molecule has 0 fully saturated rings. The van der Waals surface area contributed by atoms with E-state index in [4.69, 9.17) is 4.74 Å². The van der Waals surface area contributed by atoms with Gasteiger partial charge in [-0.25, -0.2) is 4.98 Å². The van der Waals surface area contributed by atoms with E-state index in [1.807, 2.05) is 18.3 Å². The molecule has 3 nitrogen and oxygen atoms in total. The zero-order valence-electron chi connectivity index (χ0n) is 8.92. The van der Waals surface area contributed by atoms with E-state index < -0.39 is 0 Å². The minimum absolute atomic E-state index is 0.660. The van der Waals surface area contributed by atoms with Gasteiger partial charge in [0, 0.05) is 19.3 Å². The molecule has 0 aliphatic rings. The third-order valence-corrected chi connectivity index (χ3v) is 1.80. The van der Waals surface area contributed by atoms with Crippen molar-refractivity contribution >= 4 is 5.82 Å². The van der Waals surface area contributed by atoms with Crippen LogP contribution in [0.15, 0.2) is 18.3 Å². The third-order valence-electron chi connectivity index (χ3n) is 1.80. The van der Waals surface area contributed by atoms with Crippen LogP contribution in [0.1, 0.15) is 25.8 Å². The summed E-state index contributed by atoms with van der Waals surface area (Å²) >= 11 is 0. The van der Waals surface area contributed by atoms with Gasteiger partial charge < -0.3 is 10.1 Å². The van der Waals surface area contributed by atoms with Crippen LogP contribution in [-0.2, 0) is 11.3 Å². The Bertz CT molecular complexity index is 246. The first-order valence-corrected chi connectivity index (χ1v) is 5.13. The summed E-state index contributed by atoms with van der Waals surface area (Å²) < 4.78 is 5.41. The number of nitrogens with one attached hydrogen (secondary N) is 1. The molecule has 0 aliphatic heterocycles. The molecule has 0 bridgehead atoms. The first kappa shape index (κ1) is 11.0. The highest BCUT2D eigenvalue weighted by Gasteiger charge is 1.94. The van der Waals surface area contributed by atoms with Gasteiger partial charge in [0.15, 0.2) is 0 Å². The van der Waals surface area contributed by atoms with Crippen LogP contribution in [-0.4, -0.2) is 18.1 Å². The predicted octanol–water partition coefficient (Wildman–Crippen LogP) is 2.44. The second-order valence-corrected chi connectivity index (χ2v) is 3.13. The summed E-state index contributed by atoms with van der Waals surface area (Å²) in [7, 11) is 0. The summed E-state index contributed by atoms with van der Waals surface area (Å²) in [6.07, 6.45) is 2.91. The Labute approximate surface area is 85.5 Å². The average Bonchev–Trinajstić information content (AvgIpc) is 2.21. The van der Waals surface area contributed by atoms with Crippen LogP contribution in [0.3, 0.4) is 0 Å². The fourth-order valence-electron chi connectivity index (χ4n) is 1.13. The van der Waals surface area contributed by atoms with Gasteiger partial charge in [-0.2, -0.15) is 0 Å². The van der Waals surface area contributed by atoms with E-state index in [2.05, 4.69) is 24.1 Å². The van der Waals surface area contributed by atoms with Crippen molar-refractivity contribution in [3.63, 3.8) is 0 Å². The van der Waals surface area contributed by atoms with E-state index in [0.717, 1.165) is 31.0 Å². The highest BCUT2D eigenvalue weighted by atomic mass is 16.5. The molecule has 0 saturated heterocycles. The molecule has 0 unspecified atom stereocenters. The van der Waals surface area contributed by atoms with E-state index in [0.29, 0.717) is 6.61 Å². The highest BCUT2D eigenvalue weighted by Crippen LogP contribution is 2.05. The van der Waals surface area contributed by atoms with E-state index >= 15 is 0 Å². The lowest BCUT2D eigenvalue weighted by Gasteiger charge is -2.04. The molecule has 0 aromatic carbocycles. The molecule has 3 heteroatoms. The molecular weight excluding hydrogens is 176 g/mol.